The summed E-state index contributed by atoms with van der Waals surface area (Å²) in [6, 6.07) is 1.53. The molecule has 0 heterocycles. The zero-order chi connectivity index (χ0) is 14.3. The molecule has 0 amide bonds. The largest absolute Gasteiger partial charge is 0.315 e. The summed E-state index contributed by atoms with van der Waals surface area (Å²) in [6.07, 6.45) is 7.01. The van der Waals surface area contributed by atoms with Crippen molar-refractivity contribution in [2.45, 2.75) is 78.8 Å². The first-order valence-electron chi connectivity index (χ1n) is 8.47. The molecule has 1 aliphatic rings. The highest BCUT2D eigenvalue weighted by Crippen LogP contribution is 2.25. The third-order valence-electron chi connectivity index (χ3n) is 4.27. The SMILES string of the molecule is CC(C)CCNCC(C)N(CC(C)C)C1CCCC1. The number of hydrogen-bond donors (Lipinski definition) is 1. The predicted octanol–water partition coefficient (Wildman–Crippen LogP) is 3.91. The van der Waals surface area contributed by atoms with Crippen LogP contribution in [0.1, 0.15) is 66.7 Å². The first kappa shape index (κ1) is 17.0. The lowest BCUT2D eigenvalue weighted by atomic mass is 10.1. The highest BCUT2D eigenvalue weighted by atomic mass is 15.2. The second-order valence-electron chi connectivity index (χ2n) is 7.26. The van der Waals surface area contributed by atoms with E-state index in [4.69, 9.17) is 0 Å². The second-order valence-corrected chi connectivity index (χ2v) is 7.26. The summed E-state index contributed by atoms with van der Waals surface area (Å²) >= 11 is 0. The van der Waals surface area contributed by atoms with Crippen LogP contribution in [0.5, 0.6) is 0 Å². The maximum Gasteiger partial charge on any atom is 0.0195 e. The van der Waals surface area contributed by atoms with Crippen molar-refractivity contribution >= 4 is 0 Å². The summed E-state index contributed by atoms with van der Waals surface area (Å²) in [4.78, 5) is 2.78. The molecular weight excluding hydrogens is 232 g/mol. The lowest BCUT2D eigenvalue weighted by Gasteiger charge is -2.36. The van der Waals surface area contributed by atoms with Gasteiger partial charge >= 0.3 is 0 Å². The Hall–Kier alpha value is -0.0800. The topological polar surface area (TPSA) is 15.3 Å². The molecule has 0 aromatic carbocycles. The molecule has 0 spiro atoms. The van der Waals surface area contributed by atoms with E-state index in [2.05, 4.69) is 44.8 Å². The van der Waals surface area contributed by atoms with Crippen molar-refractivity contribution in [3.05, 3.63) is 0 Å². The Bertz CT molecular complexity index is 219. The highest BCUT2D eigenvalue weighted by molar-refractivity contribution is 4.82. The zero-order valence-corrected chi connectivity index (χ0v) is 13.9. The fraction of sp³-hybridized carbons (Fsp3) is 1.00. The van der Waals surface area contributed by atoms with Crippen molar-refractivity contribution in [3.63, 3.8) is 0 Å². The summed E-state index contributed by atoms with van der Waals surface area (Å²) in [6.45, 7) is 15.3. The summed E-state index contributed by atoms with van der Waals surface area (Å²) in [5, 5.41) is 3.65. The van der Waals surface area contributed by atoms with E-state index >= 15 is 0 Å². The van der Waals surface area contributed by atoms with E-state index in [1.54, 1.807) is 0 Å². The normalized spacial score (nSPS) is 18.9. The zero-order valence-electron chi connectivity index (χ0n) is 13.9. The Morgan fingerprint density at radius 2 is 1.63 bits per heavy atom. The van der Waals surface area contributed by atoms with Gasteiger partial charge in [0.2, 0.25) is 0 Å². The van der Waals surface area contributed by atoms with Crippen LogP contribution in [0.15, 0.2) is 0 Å². The van der Waals surface area contributed by atoms with Gasteiger partial charge in [0.1, 0.15) is 0 Å². The molecule has 0 bridgehead atoms. The van der Waals surface area contributed by atoms with Crippen LogP contribution >= 0.6 is 0 Å². The minimum absolute atomic E-state index is 0.678. The first-order chi connectivity index (χ1) is 9.00. The van der Waals surface area contributed by atoms with Crippen LogP contribution in [0.2, 0.25) is 0 Å². The molecule has 1 unspecified atom stereocenters. The van der Waals surface area contributed by atoms with Gasteiger partial charge in [0.05, 0.1) is 0 Å². The van der Waals surface area contributed by atoms with Crippen molar-refractivity contribution in [1.29, 1.82) is 0 Å². The fourth-order valence-corrected chi connectivity index (χ4v) is 3.17. The first-order valence-corrected chi connectivity index (χ1v) is 8.47. The molecule has 0 saturated heterocycles. The van der Waals surface area contributed by atoms with Gasteiger partial charge in [-0.25, -0.2) is 0 Å². The van der Waals surface area contributed by atoms with Crippen LogP contribution in [-0.4, -0.2) is 36.6 Å². The minimum Gasteiger partial charge on any atom is -0.315 e. The Morgan fingerprint density at radius 3 is 2.16 bits per heavy atom. The van der Waals surface area contributed by atoms with E-state index in [0.717, 1.165) is 24.4 Å². The van der Waals surface area contributed by atoms with E-state index in [9.17, 15) is 0 Å². The summed E-state index contributed by atoms with van der Waals surface area (Å²) < 4.78 is 0. The monoisotopic (exact) mass is 268 g/mol. The molecule has 19 heavy (non-hydrogen) atoms. The van der Waals surface area contributed by atoms with Gasteiger partial charge in [-0.1, -0.05) is 40.5 Å². The van der Waals surface area contributed by atoms with Crippen LogP contribution in [0.4, 0.5) is 0 Å². The summed E-state index contributed by atoms with van der Waals surface area (Å²) in [5.41, 5.74) is 0. The number of nitrogens with zero attached hydrogens (tertiary/aromatic N) is 1. The molecule has 1 aliphatic carbocycles. The van der Waals surface area contributed by atoms with Gasteiger partial charge in [0.15, 0.2) is 0 Å². The molecule has 1 rings (SSSR count). The third kappa shape index (κ3) is 6.76. The highest BCUT2D eigenvalue weighted by Gasteiger charge is 2.26. The molecule has 1 atom stereocenters. The Labute approximate surface area is 121 Å². The molecule has 1 fully saturated rings. The van der Waals surface area contributed by atoms with Crippen LogP contribution < -0.4 is 5.32 Å². The molecular formula is C17H36N2. The van der Waals surface area contributed by atoms with Gasteiger partial charge in [0.25, 0.3) is 0 Å². The smallest absolute Gasteiger partial charge is 0.0195 e. The number of rotatable bonds is 9. The summed E-state index contributed by atoms with van der Waals surface area (Å²) in [7, 11) is 0. The van der Waals surface area contributed by atoms with Crippen molar-refractivity contribution in [2.24, 2.45) is 11.8 Å². The van der Waals surface area contributed by atoms with E-state index in [-0.39, 0.29) is 0 Å². The van der Waals surface area contributed by atoms with Crippen molar-refractivity contribution in [3.8, 4) is 0 Å². The van der Waals surface area contributed by atoms with Crippen LogP contribution in [-0.2, 0) is 0 Å². The van der Waals surface area contributed by atoms with Gasteiger partial charge in [-0.3, -0.25) is 4.90 Å². The Balaban J connectivity index is 2.35. The number of hydrogen-bond acceptors (Lipinski definition) is 2. The van der Waals surface area contributed by atoms with Crippen molar-refractivity contribution < 1.29 is 0 Å². The average Bonchev–Trinajstić information content (AvgIpc) is 2.84. The molecule has 1 N–H and O–H groups in total. The van der Waals surface area contributed by atoms with Crippen molar-refractivity contribution in [2.75, 3.05) is 19.6 Å². The van der Waals surface area contributed by atoms with E-state index in [0.29, 0.717) is 6.04 Å². The predicted molar refractivity (Wildman–Crippen MR) is 85.6 cm³/mol. The maximum atomic E-state index is 3.65. The molecule has 1 saturated carbocycles. The standard InChI is InChI=1S/C17H36N2/c1-14(2)10-11-18-12-16(5)19(13-15(3)4)17-8-6-7-9-17/h14-18H,6-13H2,1-5H3. The lowest BCUT2D eigenvalue weighted by Crippen LogP contribution is -2.47. The quantitative estimate of drug-likeness (QED) is 0.638. The van der Waals surface area contributed by atoms with Gasteiger partial charge in [-0.05, 0) is 44.6 Å². The molecule has 0 aliphatic heterocycles. The van der Waals surface area contributed by atoms with Crippen LogP contribution in [0.25, 0.3) is 0 Å². The Kier molecular flexibility index (Phi) is 8.01. The fourth-order valence-electron chi connectivity index (χ4n) is 3.17. The number of nitrogens with one attached hydrogen (secondary N) is 1. The van der Waals surface area contributed by atoms with Crippen LogP contribution in [0.3, 0.4) is 0 Å². The third-order valence-corrected chi connectivity index (χ3v) is 4.27. The van der Waals surface area contributed by atoms with E-state index < -0.39 is 0 Å². The summed E-state index contributed by atoms with van der Waals surface area (Å²) in [5.74, 6) is 1.59. The molecule has 0 radical (unpaired) electrons. The molecule has 114 valence electrons. The van der Waals surface area contributed by atoms with Gasteiger partial charge in [-0.15, -0.1) is 0 Å². The molecule has 0 aromatic heterocycles. The van der Waals surface area contributed by atoms with Gasteiger partial charge in [-0.2, -0.15) is 0 Å². The van der Waals surface area contributed by atoms with E-state index in [1.165, 1.54) is 45.2 Å². The van der Waals surface area contributed by atoms with Gasteiger partial charge in [0, 0.05) is 25.2 Å². The second kappa shape index (κ2) is 8.97. The van der Waals surface area contributed by atoms with E-state index in [1.807, 2.05) is 0 Å². The van der Waals surface area contributed by atoms with Gasteiger partial charge < -0.3 is 5.32 Å². The molecule has 2 heteroatoms. The van der Waals surface area contributed by atoms with Crippen LogP contribution in [0, 0.1) is 11.8 Å². The minimum atomic E-state index is 0.678. The Morgan fingerprint density at radius 1 is 1.00 bits per heavy atom. The molecule has 2 nitrogen and oxygen atoms in total. The average molecular weight is 268 g/mol. The molecule has 0 aromatic rings. The maximum absolute atomic E-state index is 3.65. The lowest BCUT2D eigenvalue weighted by molar-refractivity contribution is 0.125. The van der Waals surface area contributed by atoms with Crippen molar-refractivity contribution in [1.82, 2.24) is 10.2 Å².